The molecule has 0 rings (SSSR count). The number of hydrogen-bond donors (Lipinski definition) is 2. The summed E-state index contributed by atoms with van der Waals surface area (Å²) in [6, 6.07) is 0. The summed E-state index contributed by atoms with van der Waals surface area (Å²) in [5.74, 6) is 0.0903. The number of ether oxygens (including phenoxy) is 1. The van der Waals surface area contributed by atoms with Gasteiger partial charge in [0.15, 0.2) is 0 Å². The number of amides is 1. The molecule has 1 amide bonds. The highest BCUT2D eigenvalue weighted by Crippen LogP contribution is 2.12. The summed E-state index contributed by atoms with van der Waals surface area (Å²) in [6.45, 7) is 9.20. The topological polar surface area (TPSA) is 61.8 Å². The summed E-state index contributed by atoms with van der Waals surface area (Å²) in [5.41, 5.74) is 1.57. The predicted octanol–water partition coefficient (Wildman–Crippen LogP) is 1.81. The Balaban J connectivity index is 4.42. The van der Waals surface area contributed by atoms with E-state index in [1.807, 2.05) is 13.8 Å². The molecule has 0 radical (unpaired) electrons. The van der Waals surface area contributed by atoms with Crippen molar-refractivity contribution < 1.29 is 14.7 Å². The van der Waals surface area contributed by atoms with E-state index in [2.05, 4.69) is 5.48 Å². The van der Waals surface area contributed by atoms with Crippen LogP contribution in [0.15, 0.2) is 0 Å². The van der Waals surface area contributed by atoms with Gasteiger partial charge in [-0.25, -0.2) is 4.79 Å². The van der Waals surface area contributed by atoms with Crippen LogP contribution >= 0.6 is 0 Å². The van der Waals surface area contributed by atoms with Crippen molar-refractivity contribution in [2.24, 2.45) is 5.92 Å². The number of hydrogen-bond acceptors (Lipinski definition) is 4. The lowest BCUT2D eigenvalue weighted by molar-refractivity contribution is -0.0154. The average molecular weight is 218 g/mol. The first kappa shape index (κ1) is 14.2. The number of carbonyl (C=O) groups excluding carboxylic acids is 1. The number of rotatable bonds is 3. The first-order valence-corrected chi connectivity index (χ1v) is 5.04. The van der Waals surface area contributed by atoms with Gasteiger partial charge in [-0.1, -0.05) is 13.8 Å². The van der Waals surface area contributed by atoms with Crippen LogP contribution in [0.5, 0.6) is 0 Å². The third-order valence-corrected chi connectivity index (χ3v) is 1.86. The van der Waals surface area contributed by atoms with Crippen LogP contribution in [0.4, 0.5) is 4.79 Å². The maximum Gasteiger partial charge on any atom is 0.411 e. The van der Waals surface area contributed by atoms with Gasteiger partial charge < -0.3 is 9.94 Å². The summed E-state index contributed by atoms with van der Waals surface area (Å²) in [7, 11) is 1.59. The van der Waals surface area contributed by atoms with Crippen LogP contribution in [-0.4, -0.2) is 35.0 Å². The summed E-state index contributed by atoms with van der Waals surface area (Å²) < 4.78 is 5.17. The molecule has 5 nitrogen and oxygen atoms in total. The molecule has 0 heterocycles. The number of nitrogens with zero attached hydrogens (tertiary/aromatic N) is 1. The Kier molecular flexibility index (Phi) is 5.03. The van der Waals surface area contributed by atoms with Crippen LogP contribution in [0.2, 0.25) is 0 Å². The number of hydroxylamine groups is 1. The van der Waals surface area contributed by atoms with Gasteiger partial charge in [0.25, 0.3) is 0 Å². The second-order valence-corrected chi connectivity index (χ2v) is 4.91. The SMILES string of the molecule is CC(C)C(NO)N(C)C(=O)OC(C)(C)C. The monoisotopic (exact) mass is 218 g/mol. The molecule has 0 aromatic rings. The molecule has 1 atom stereocenters. The molecule has 0 aromatic carbocycles. The van der Waals surface area contributed by atoms with Crippen molar-refractivity contribution in [1.29, 1.82) is 0 Å². The molecular formula is C10H22N2O3. The Morgan fingerprint density at radius 2 is 1.87 bits per heavy atom. The fourth-order valence-electron chi connectivity index (χ4n) is 1.13. The molecule has 2 N–H and O–H groups in total. The van der Waals surface area contributed by atoms with E-state index in [0.717, 1.165) is 0 Å². The Labute approximate surface area is 91.4 Å². The van der Waals surface area contributed by atoms with E-state index in [1.54, 1.807) is 27.8 Å². The molecule has 0 spiro atoms. The Morgan fingerprint density at radius 3 is 2.13 bits per heavy atom. The molecule has 1 unspecified atom stereocenters. The zero-order valence-corrected chi connectivity index (χ0v) is 10.4. The lowest BCUT2D eigenvalue weighted by atomic mass is 10.1. The van der Waals surface area contributed by atoms with Crippen molar-refractivity contribution in [2.45, 2.75) is 46.4 Å². The minimum absolute atomic E-state index is 0.0903. The van der Waals surface area contributed by atoms with Gasteiger partial charge >= 0.3 is 6.09 Å². The minimum Gasteiger partial charge on any atom is -0.444 e. The standard InChI is InChI=1S/C10H22N2O3/c1-7(2)8(11-14)12(6)9(13)15-10(3,4)5/h7-8,11,14H,1-6H3. The second kappa shape index (κ2) is 5.32. The van der Waals surface area contributed by atoms with Crippen molar-refractivity contribution in [3.8, 4) is 0 Å². The molecule has 0 bridgehead atoms. The summed E-state index contributed by atoms with van der Waals surface area (Å²) >= 11 is 0. The molecule has 0 aliphatic carbocycles. The Hall–Kier alpha value is -0.810. The number of carbonyl (C=O) groups is 1. The Bertz CT molecular complexity index is 211. The van der Waals surface area contributed by atoms with Gasteiger partial charge in [0.2, 0.25) is 0 Å². The van der Waals surface area contributed by atoms with Gasteiger partial charge in [-0.2, -0.15) is 5.48 Å². The van der Waals surface area contributed by atoms with Gasteiger partial charge in [0.1, 0.15) is 11.8 Å². The van der Waals surface area contributed by atoms with E-state index in [-0.39, 0.29) is 5.92 Å². The van der Waals surface area contributed by atoms with Gasteiger partial charge in [-0.05, 0) is 26.7 Å². The van der Waals surface area contributed by atoms with E-state index in [0.29, 0.717) is 0 Å². The second-order valence-electron chi connectivity index (χ2n) is 4.91. The fraction of sp³-hybridized carbons (Fsp3) is 0.900. The van der Waals surface area contributed by atoms with Gasteiger partial charge in [0, 0.05) is 7.05 Å². The van der Waals surface area contributed by atoms with Crippen molar-refractivity contribution in [2.75, 3.05) is 7.05 Å². The quantitative estimate of drug-likeness (QED) is 0.560. The highest BCUT2D eigenvalue weighted by molar-refractivity contribution is 5.68. The van der Waals surface area contributed by atoms with Crippen molar-refractivity contribution in [1.82, 2.24) is 10.4 Å². The highest BCUT2D eigenvalue weighted by Gasteiger charge is 2.26. The van der Waals surface area contributed by atoms with Gasteiger partial charge in [0.05, 0.1) is 0 Å². The third-order valence-electron chi connectivity index (χ3n) is 1.86. The molecule has 0 aromatic heterocycles. The summed E-state index contributed by atoms with van der Waals surface area (Å²) in [4.78, 5) is 13.0. The molecule has 15 heavy (non-hydrogen) atoms. The average Bonchev–Trinajstić information content (AvgIpc) is 2.01. The van der Waals surface area contributed by atoms with Crippen LogP contribution in [-0.2, 0) is 4.74 Å². The minimum atomic E-state index is -0.525. The normalized spacial score (nSPS) is 13.9. The highest BCUT2D eigenvalue weighted by atomic mass is 16.6. The van der Waals surface area contributed by atoms with Crippen molar-refractivity contribution in [3.63, 3.8) is 0 Å². The van der Waals surface area contributed by atoms with Crippen molar-refractivity contribution in [3.05, 3.63) is 0 Å². The zero-order valence-electron chi connectivity index (χ0n) is 10.4. The number of nitrogens with one attached hydrogen (secondary N) is 1. The lowest BCUT2D eigenvalue weighted by Gasteiger charge is -2.31. The van der Waals surface area contributed by atoms with E-state index in [4.69, 9.17) is 9.94 Å². The van der Waals surface area contributed by atoms with Gasteiger partial charge in [-0.3, -0.25) is 4.90 Å². The zero-order chi connectivity index (χ0) is 12.2. The molecule has 0 fully saturated rings. The molecule has 5 heteroatoms. The Morgan fingerprint density at radius 1 is 1.40 bits per heavy atom. The molecule has 90 valence electrons. The molecule has 0 aliphatic heterocycles. The summed E-state index contributed by atoms with van der Waals surface area (Å²) in [5, 5.41) is 8.91. The van der Waals surface area contributed by atoms with Crippen molar-refractivity contribution >= 4 is 6.09 Å². The summed E-state index contributed by atoms with van der Waals surface area (Å²) in [6.07, 6.45) is -0.900. The smallest absolute Gasteiger partial charge is 0.411 e. The van der Waals surface area contributed by atoms with E-state index in [1.165, 1.54) is 4.90 Å². The van der Waals surface area contributed by atoms with E-state index >= 15 is 0 Å². The fourth-order valence-corrected chi connectivity index (χ4v) is 1.13. The van der Waals surface area contributed by atoms with Gasteiger partial charge in [-0.15, -0.1) is 0 Å². The molecule has 0 saturated carbocycles. The van der Waals surface area contributed by atoms with Crippen LogP contribution in [0.1, 0.15) is 34.6 Å². The van der Waals surface area contributed by atoms with Crippen LogP contribution < -0.4 is 5.48 Å². The largest absolute Gasteiger partial charge is 0.444 e. The molecule has 0 saturated heterocycles. The van der Waals surface area contributed by atoms with E-state index in [9.17, 15) is 4.79 Å². The van der Waals surface area contributed by atoms with Crippen LogP contribution in [0, 0.1) is 5.92 Å². The molecular weight excluding hydrogens is 196 g/mol. The van der Waals surface area contributed by atoms with Crippen LogP contribution in [0.3, 0.4) is 0 Å². The third kappa shape index (κ3) is 4.99. The maximum absolute atomic E-state index is 11.6. The first-order valence-electron chi connectivity index (χ1n) is 5.04. The maximum atomic E-state index is 11.6. The molecule has 0 aliphatic rings. The first-order chi connectivity index (χ1) is 6.69. The predicted molar refractivity (Wildman–Crippen MR) is 57.5 cm³/mol. The van der Waals surface area contributed by atoms with E-state index < -0.39 is 17.9 Å². The van der Waals surface area contributed by atoms with Crippen LogP contribution in [0.25, 0.3) is 0 Å². The lowest BCUT2D eigenvalue weighted by Crippen LogP contribution is -2.50.